The summed E-state index contributed by atoms with van der Waals surface area (Å²) in [6.07, 6.45) is 1.68. The van der Waals surface area contributed by atoms with Crippen molar-refractivity contribution in [1.29, 1.82) is 0 Å². The molecule has 8 heteroatoms. The standard InChI is InChI=1S/C9H9FO2.C6H10N2O2.CH3F/c1-12-6-7-2-3-9(10)4-8(7)5-11;1-7-4-2-3-5(9)8-6(4)10;1-2/h2-5H,6H2,1H3;4,7H,2-3H2,1H3,(H,8,9,10);1H3. The van der Waals surface area contributed by atoms with Crippen molar-refractivity contribution in [3.05, 3.63) is 35.1 Å². The summed E-state index contributed by atoms with van der Waals surface area (Å²) in [6.45, 7) is 0.328. The van der Waals surface area contributed by atoms with Gasteiger partial charge in [0.1, 0.15) is 5.82 Å². The monoisotopic (exact) mass is 344 g/mol. The lowest BCUT2D eigenvalue weighted by Crippen LogP contribution is -2.49. The van der Waals surface area contributed by atoms with E-state index in [9.17, 15) is 23.2 Å². The Bertz CT molecular complexity index is 553. The largest absolute Gasteiger partial charge is 0.380 e. The van der Waals surface area contributed by atoms with E-state index < -0.39 is 5.82 Å². The van der Waals surface area contributed by atoms with Crippen molar-refractivity contribution in [3.8, 4) is 0 Å². The zero-order chi connectivity index (χ0) is 18.5. The van der Waals surface area contributed by atoms with Crippen molar-refractivity contribution >= 4 is 18.1 Å². The van der Waals surface area contributed by atoms with Gasteiger partial charge in [0.2, 0.25) is 11.8 Å². The van der Waals surface area contributed by atoms with Crippen LogP contribution >= 0.6 is 0 Å². The van der Waals surface area contributed by atoms with Crippen LogP contribution in [0.15, 0.2) is 18.2 Å². The number of carbonyl (C=O) groups is 3. The van der Waals surface area contributed by atoms with Gasteiger partial charge in [0.05, 0.1) is 19.8 Å². The van der Waals surface area contributed by atoms with Gasteiger partial charge in [0, 0.05) is 19.1 Å². The van der Waals surface area contributed by atoms with Gasteiger partial charge in [-0.1, -0.05) is 6.07 Å². The van der Waals surface area contributed by atoms with E-state index in [-0.39, 0.29) is 17.9 Å². The molecule has 6 nitrogen and oxygen atoms in total. The van der Waals surface area contributed by atoms with Gasteiger partial charge in [-0.3, -0.25) is 24.1 Å². The summed E-state index contributed by atoms with van der Waals surface area (Å²) in [5.41, 5.74) is 1.05. The molecule has 1 heterocycles. The molecule has 134 valence electrons. The smallest absolute Gasteiger partial charge is 0.243 e. The summed E-state index contributed by atoms with van der Waals surface area (Å²) in [5, 5.41) is 5.05. The van der Waals surface area contributed by atoms with Crippen molar-refractivity contribution in [2.45, 2.75) is 25.5 Å². The first-order valence-corrected chi connectivity index (χ1v) is 7.13. The molecule has 2 N–H and O–H groups in total. The van der Waals surface area contributed by atoms with Gasteiger partial charge in [0.15, 0.2) is 6.29 Å². The van der Waals surface area contributed by atoms with Crippen molar-refractivity contribution in [2.24, 2.45) is 0 Å². The molecule has 0 saturated carbocycles. The highest BCUT2D eigenvalue weighted by Crippen LogP contribution is 2.09. The lowest BCUT2D eigenvalue weighted by molar-refractivity contribution is -0.134. The maximum atomic E-state index is 12.6. The van der Waals surface area contributed by atoms with Gasteiger partial charge in [0.25, 0.3) is 0 Å². The molecule has 1 saturated heterocycles. The minimum absolute atomic E-state index is 0.170. The summed E-state index contributed by atoms with van der Waals surface area (Å²) in [4.78, 5) is 31.8. The number of rotatable bonds is 4. The number of hydrogen-bond acceptors (Lipinski definition) is 5. The van der Waals surface area contributed by atoms with Crippen molar-refractivity contribution in [3.63, 3.8) is 0 Å². The topological polar surface area (TPSA) is 84.5 Å². The lowest BCUT2D eigenvalue weighted by Gasteiger charge is -2.19. The number of nitrogens with one attached hydrogen (secondary N) is 2. The van der Waals surface area contributed by atoms with Gasteiger partial charge in [-0.05, 0) is 31.2 Å². The van der Waals surface area contributed by atoms with Gasteiger partial charge in [-0.2, -0.15) is 0 Å². The number of carbonyl (C=O) groups excluding carboxylic acids is 3. The van der Waals surface area contributed by atoms with Crippen LogP contribution in [0.25, 0.3) is 0 Å². The molecule has 0 bridgehead atoms. The summed E-state index contributed by atoms with van der Waals surface area (Å²) in [5.74, 6) is -0.785. The molecule has 1 unspecified atom stereocenters. The molecule has 2 rings (SSSR count). The van der Waals surface area contributed by atoms with Gasteiger partial charge in [-0.25, -0.2) is 4.39 Å². The fourth-order valence-corrected chi connectivity index (χ4v) is 1.93. The van der Waals surface area contributed by atoms with Crippen LogP contribution in [0.1, 0.15) is 28.8 Å². The van der Waals surface area contributed by atoms with Crippen LogP contribution in [0.2, 0.25) is 0 Å². The summed E-state index contributed by atoms with van der Waals surface area (Å²) in [6, 6.07) is 3.86. The predicted molar refractivity (Wildman–Crippen MR) is 84.8 cm³/mol. The van der Waals surface area contributed by atoms with Crippen molar-refractivity contribution in [1.82, 2.24) is 10.6 Å². The maximum absolute atomic E-state index is 12.6. The van der Waals surface area contributed by atoms with E-state index in [1.807, 2.05) is 0 Å². The minimum atomic E-state index is -0.406. The maximum Gasteiger partial charge on any atom is 0.243 e. The number of benzene rings is 1. The van der Waals surface area contributed by atoms with Crippen LogP contribution in [-0.4, -0.2) is 45.5 Å². The number of imide groups is 1. The Balaban J connectivity index is 0.000000405. The molecule has 0 aliphatic carbocycles. The second-order valence-electron chi connectivity index (χ2n) is 4.69. The van der Waals surface area contributed by atoms with E-state index in [4.69, 9.17) is 4.74 Å². The molecule has 1 atom stereocenters. The Morgan fingerprint density at radius 3 is 2.54 bits per heavy atom. The number of aldehydes is 1. The SMILES string of the molecule is CF.CNC1CCC(=O)NC1=O.COCc1ccc(F)cc1C=O. The normalized spacial score (nSPS) is 16.1. The molecule has 24 heavy (non-hydrogen) atoms. The Morgan fingerprint density at radius 2 is 2.04 bits per heavy atom. The summed E-state index contributed by atoms with van der Waals surface area (Å²) in [7, 11) is 3.73. The molecule has 1 aromatic carbocycles. The van der Waals surface area contributed by atoms with Crippen LogP contribution in [0.5, 0.6) is 0 Å². The molecular weight excluding hydrogens is 322 g/mol. The quantitative estimate of drug-likeness (QED) is 0.637. The first kappa shape index (κ1) is 21.8. The number of amides is 2. The second-order valence-corrected chi connectivity index (χ2v) is 4.69. The third-order valence-corrected chi connectivity index (χ3v) is 3.12. The average Bonchev–Trinajstić information content (AvgIpc) is 2.59. The Labute approximate surface area is 139 Å². The zero-order valence-corrected chi connectivity index (χ0v) is 13.9. The number of piperidine rings is 1. The fraction of sp³-hybridized carbons (Fsp3) is 0.438. The van der Waals surface area contributed by atoms with Crippen LogP contribution in [0.4, 0.5) is 8.78 Å². The Morgan fingerprint density at radius 1 is 1.38 bits per heavy atom. The summed E-state index contributed by atoms with van der Waals surface area (Å²) >= 11 is 0. The molecule has 1 aliphatic heterocycles. The number of methoxy groups -OCH3 is 1. The fourth-order valence-electron chi connectivity index (χ4n) is 1.93. The highest BCUT2D eigenvalue weighted by atomic mass is 19.1. The van der Waals surface area contributed by atoms with E-state index in [2.05, 4.69) is 10.6 Å². The van der Waals surface area contributed by atoms with E-state index in [0.717, 1.165) is 0 Å². The minimum Gasteiger partial charge on any atom is -0.380 e. The highest BCUT2D eigenvalue weighted by Gasteiger charge is 2.24. The molecule has 1 aliphatic rings. The Hall–Kier alpha value is -2.19. The third-order valence-electron chi connectivity index (χ3n) is 3.12. The lowest BCUT2D eigenvalue weighted by atomic mass is 10.1. The second kappa shape index (κ2) is 12.3. The molecular formula is C16H22F2N2O4. The number of likely N-dealkylation sites (N-methyl/N-ethyl adjacent to an activating group) is 1. The Kier molecular flexibility index (Phi) is 11.1. The predicted octanol–water partition coefficient (Wildman–Crippen LogP) is 1.38. The molecule has 1 fully saturated rings. The van der Waals surface area contributed by atoms with E-state index in [1.54, 1.807) is 13.1 Å². The first-order chi connectivity index (χ1) is 11.5. The van der Waals surface area contributed by atoms with Gasteiger partial charge in [-0.15, -0.1) is 0 Å². The van der Waals surface area contributed by atoms with Crippen molar-refractivity contribution < 1.29 is 27.9 Å². The van der Waals surface area contributed by atoms with Crippen LogP contribution in [-0.2, 0) is 20.9 Å². The number of alkyl halides is 1. The zero-order valence-electron chi connectivity index (χ0n) is 13.9. The molecule has 2 amide bonds. The summed E-state index contributed by atoms with van der Waals surface area (Å²) < 4.78 is 26.9. The highest BCUT2D eigenvalue weighted by molar-refractivity contribution is 6.00. The molecule has 0 spiro atoms. The van der Waals surface area contributed by atoms with Crippen LogP contribution in [0, 0.1) is 5.82 Å². The van der Waals surface area contributed by atoms with Gasteiger partial charge < -0.3 is 10.1 Å². The van der Waals surface area contributed by atoms with E-state index in [0.29, 0.717) is 44.0 Å². The average molecular weight is 344 g/mol. The molecule has 0 radical (unpaired) electrons. The van der Waals surface area contributed by atoms with E-state index in [1.165, 1.54) is 19.2 Å². The number of ether oxygens (including phenoxy) is 1. The number of hydrogen-bond donors (Lipinski definition) is 2. The van der Waals surface area contributed by atoms with Crippen LogP contribution in [0.3, 0.4) is 0 Å². The van der Waals surface area contributed by atoms with Crippen LogP contribution < -0.4 is 10.6 Å². The van der Waals surface area contributed by atoms with E-state index >= 15 is 0 Å². The molecule has 1 aromatic rings. The van der Waals surface area contributed by atoms with Gasteiger partial charge >= 0.3 is 0 Å². The number of halogens is 2. The molecule has 0 aromatic heterocycles. The third kappa shape index (κ3) is 7.38. The van der Waals surface area contributed by atoms with Crippen molar-refractivity contribution in [2.75, 3.05) is 21.3 Å². The first-order valence-electron chi connectivity index (χ1n) is 7.13.